The van der Waals surface area contributed by atoms with E-state index in [-0.39, 0.29) is 17.6 Å². The average molecular weight is 282 g/mol. The van der Waals surface area contributed by atoms with Crippen molar-refractivity contribution in [1.82, 2.24) is 0 Å². The maximum atomic E-state index is 9.62. The van der Waals surface area contributed by atoms with Crippen LogP contribution in [0.3, 0.4) is 0 Å². The van der Waals surface area contributed by atoms with Crippen molar-refractivity contribution in [3.63, 3.8) is 0 Å². The molecule has 0 spiro atoms. The summed E-state index contributed by atoms with van der Waals surface area (Å²) in [7, 11) is 0. The minimum atomic E-state index is -0.0983. The Balaban J connectivity index is 2.20. The second-order valence-electron chi connectivity index (χ2n) is 5.23. The van der Waals surface area contributed by atoms with Gasteiger partial charge in [-0.3, -0.25) is 0 Å². The van der Waals surface area contributed by atoms with E-state index in [0.717, 1.165) is 28.9 Å². The lowest BCUT2D eigenvalue weighted by molar-refractivity contribution is 0.272. The predicted octanol–water partition coefficient (Wildman–Crippen LogP) is 4.20. The van der Waals surface area contributed by atoms with Crippen LogP contribution in [0, 0.1) is 0 Å². The lowest BCUT2D eigenvalue weighted by Crippen LogP contribution is -2.20. The Kier molecular flexibility index (Phi) is 3.34. The molecular weight excluding hydrogens is 264 g/mol. The number of rotatable bonds is 2. The Labute approximate surface area is 124 Å². The van der Waals surface area contributed by atoms with E-state index in [1.165, 1.54) is 5.57 Å². The second-order valence-corrected chi connectivity index (χ2v) is 5.23. The molecule has 0 amide bonds. The van der Waals surface area contributed by atoms with Crippen molar-refractivity contribution in [2.75, 3.05) is 0 Å². The molecule has 0 saturated heterocycles. The topological polar surface area (TPSA) is 49.7 Å². The summed E-state index contributed by atoms with van der Waals surface area (Å²) in [6, 6.07) is 12.4. The molecule has 2 aromatic carbocycles. The van der Waals surface area contributed by atoms with Gasteiger partial charge in [0.2, 0.25) is 0 Å². The summed E-state index contributed by atoms with van der Waals surface area (Å²) in [6.45, 7) is 4.12. The number of ether oxygens (including phenoxy) is 1. The summed E-state index contributed by atoms with van der Waals surface area (Å²) in [5.41, 5.74) is 4.43. The van der Waals surface area contributed by atoms with Crippen molar-refractivity contribution in [2.24, 2.45) is 0 Å². The molecule has 1 atom stereocenters. The first-order valence-corrected chi connectivity index (χ1v) is 7.12. The van der Waals surface area contributed by atoms with Gasteiger partial charge in [0.15, 0.2) is 0 Å². The summed E-state index contributed by atoms with van der Waals surface area (Å²) in [5.74, 6) is 1.19. The van der Waals surface area contributed by atoms with Crippen LogP contribution in [0.2, 0.25) is 0 Å². The number of phenolic OH excluding ortho intramolecular Hbond substituents is 2. The number of fused-ring (bicyclic) bond motifs is 1. The highest BCUT2D eigenvalue weighted by Gasteiger charge is 2.26. The molecule has 0 radical (unpaired) electrons. The molecule has 21 heavy (non-hydrogen) atoms. The minimum absolute atomic E-state index is 0.0983. The van der Waals surface area contributed by atoms with Crippen molar-refractivity contribution < 1.29 is 14.9 Å². The van der Waals surface area contributed by atoms with Gasteiger partial charge < -0.3 is 14.9 Å². The van der Waals surface area contributed by atoms with Gasteiger partial charge in [0.25, 0.3) is 0 Å². The number of phenols is 2. The average Bonchev–Trinajstić information content (AvgIpc) is 2.46. The molecular formula is C18H18O3. The van der Waals surface area contributed by atoms with Crippen molar-refractivity contribution in [3.05, 3.63) is 53.6 Å². The van der Waals surface area contributed by atoms with Crippen LogP contribution in [0.5, 0.6) is 17.2 Å². The van der Waals surface area contributed by atoms with Crippen LogP contribution >= 0.6 is 0 Å². The van der Waals surface area contributed by atoms with Crippen LogP contribution in [-0.2, 0) is 0 Å². The third kappa shape index (κ3) is 2.35. The molecule has 108 valence electrons. The van der Waals surface area contributed by atoms with Gasteiger partial charge in [0, 0.05) is 17.2 Å². The highest BCUT2D eigenvalue weighted by atomic mass is 16.5. The molecule has 3 rings (SSSR count). The summed E-state index contributed by atoms with van der Waals surface area (Å²) in [6.07, 6.45) is 0.778. The standard InChI is InChI=1S/C18H18O3/c1-3-15-16-9-8-14(20)10-17(16)21-11(2)18(15)12-4-6-13(19)7-5-12/h4-11,19-20H,3H2,1-2H3/t11-/m1/s1. The van der Waals surface area contributed by atoms with Crippen molar-refractivity contribution in [3.8, 4) is 17.2 Å². The van der Waals surface area contributed by atoms with Crippen LogP contribution in [0.25, 0.3) is 11.1 Å². The maximum Gasteiger partial charge on any atom is 0.131 e. The molecule has 0 aromatic heterocycles. The van der Waals surface area contributed by atoms with Crippen LogP contribution < -0.4 is 4.74 Å². The lowest BCUT2D eigenvalue weighted by Gasteiger charge is -2.29. The molecule has 1 aliphatic heterocycles. The molecule has 0 unspecified atom stereocenters. The fourth-order valence-electron chi connectivity index (χ4n) is 2.93. The first kappa shape index (κ1) is 13.6. The zero-order valence-electron chi connectivity index (χ0n) is 12.1. The highest BCUT2D eigenvalue weighted by molar-refractivity contribution is 5.95. The van der Waals surface area contributed by atoms with Gasteiger partial charge in [-0.15, -0.1) is 0 Å². The van der Waals surface area contributed by atoms with Gasteiger partial charge in [-0.25, -0.2) is 0 Å². The van der Waals surface area contributed by atoms with Gasteiger partial charge in [-0.1, -0.05) is 19.1 Å². The van der Waals surface area contributed by atoms with Crippen LogP contribution in [0.4, 0.5) is 0 Å². The quantitative estimate of drug-likeness (QED) is 0.868. The molecule has 1 aliphatic rings. The third-order valence-electron chi connectivity index (χ3n) is 3.86. The van der Waals surface area contributed by atoms with Crippen LogP contribution in [0.1, 0.15) is 31.4 Å². The number of aromatic hydroxyl groups is 2. The number of hydrogen-bond acceptors (Lipinski definition) is 3. The van der Waals surface area contributed by atoms with E-state index < -0.39 is 0 Å². The molecule has 3 heteroatoms. The van der Waals surface area contributed by atoms with Gasteiger partial charge in [0.05, 0.1) is 0 Å². The fraction of sp³-hybridized carbons (Fsp3) is 0.222. The first-order valence-electron chi connectivity index (χ1n) is 7.12. The first-order chi connectivity index (χ1) is 10.1. The Morgan fingerprint density at radius 2 is 1.67 bits per heavy atom. The van der Waals surface area contributed by atoms with E-state index in [1.54, 1.807) is 24.3 Å². The van der Waals surface area contributed by atoms with Crippen molar-refractivity contribution >= 4 is 11.1 Å². The summed E-state index contributed by atoms with van der Waals surface area (Å²) >= 11 is 0. The number of allylic oxidation sites excluding steroid dienone is 1. The highest BCUT2D eigenvalue weighted by Crippen LogP contribution is 2.43. The largest absolute Gasteiger partial charge is 0.508 e. The molecule has 0 fully saturated rings. The third-order valence-corrected chi connectivity index (χ3v) is 3.86. The normalized spacial score (nSPS) is 17.3. The van der Waals surface area contributed by atoms with E-state index in [9.17, 15) is 10.2 Å². The minimum Gasteiger partial charge on any atom is -0.508 e. The molecule has 3 nitrogen and oxygen atoms in total. The van der Waals surface area contributed by atoms with Crippen molar-refractivity contribution in [2.45, 2.75) is 26.4 Å². The Morgan fingerprint density at radius 3 is 2.33 bits per heavy atom. The summed E-state index contributed by atoms with van der Waals surface area (Å²) < 4.78 is 5.96. The van der Waals surface area contributed by atoms with E-state index in [1.807, 2.05) is 25.1 Å². The summed E-state index contributed by atoms with van der Waals surface area (Å²) in [4.78, 5) is 0. The SMILES string of the molecule is CCC1=C(c2ccc(O)cc2)[C@@H](C)Oc2cc(O)ccc21. The maximum absolute atomic E-state index is 9.62. The van der Waals surface area contributed by atoms with Gasteiger partial charge >= 0.3 is 0 Å². The van der Waals surface area contributed by atoms with E-state index in [0.29, 0.717) is 0 Å². The molecule has 2 aromatic rings. The van der Waals surface area contributed by atoms with Gasteiger partial charge in [-0.05, 0) is 48.7 Å². The Morgan fingerprint density at radius 1 is 1.00 bits per heavy atom. The van der Waals surface area contributed by atoms with Crippen molar-refractivity contribution in [1.29, 1.82) is 0 Å². The van der Waals surface area contributed by atoms with E-state index >= 15 is 0 Å². The molecule has 2 N–H and O–H groups in total. The molecule has 0 aliphatic carbocycles. The second kappa shape index (κ2) is 5.17. The zero-order chi connectivity index (χ0) is 15.0. The number of benzene rings is 2. The Hall–Kier alpha value is -2.42. The lowest BCUT2D eigenvalue weighted by atomic mass is 9.87. The Bertz CT molecular complexity index is 699. The van der Waals surface area contributed by atoms with Crippen LogP contribution in [0.15, 0.2) is 42.5 Å². The van der Waals surface area contributed by atoms with Crippen LogP contribution in [-0.4, -0.2) is 16.3 Å². The molecule has 0 bridgehead atoms. The van der Waals surface area contributed by atoms with Gasteiger partial charge in [0.1, 0.15) is 23.4 Å². The summed E-state index contributed by atoms with van der Waals surface area (Å²) in [5, 5.41) is 19.1. The van der Waals surface area contributed by atoms with E-state index in [2.05, 4.69) is 6.92 Å². The predicted molar refractivity (Wildman–Crippen MR) is 83.4 cm³/mol. The number of hydrogen-bond donors (Lipinski definition) is 2. The fourth-order valence-corrected chi connectivity index (χ4v) is 2.93. The smallest absolute Gasteiger partial charge is 0.131 e. The van der Waals surface area contributed by atoms with E-state index in [4.69, 9.17) is 4.74 Å². The van der Waals surface area contributed by atoms with Gasteiger partial charge in [-0.2, -0.15) is 0 Å². The molecule has 0 saturated carbocycles. The zero-order valence-corrected chi connectivity index (χ0v) is 12.1. The molecule has 1 heterocycles. The monoisotopic (exact) mass is 282 g/mol.